The summed E-state index contributed by atoms with van der Waals surface area (Å²) in [6.07, 6.45) is 25.1. The Morgan fingerprint density at radius 3 is 1.82 bits per heavy atom. The van der Waals surface area contributed by atoms with Crippen molar-refractivity contribution in [2.45, 2.75) is 141 Å². The first-order valence-corrected chi connectivity index (χ1v) is 15.4. The van der Waals surface area contributed by atoms with Crippen LogP contribution in [0.1, 0.15) is 135 Å². The molecule has 3 amide bonds. The molecule has 0 fully saturated rings. The maximum atomic E-state index is 12.1. The Morgan fingerprint density at radius 2 is 1.23 bits per heavy atom. The minimum absolute atomic E-state index is 0.00563. The summed E-state index contributed by atoms with van der Waals surface area (Å²) in [6, 6.07) is -0.720. The molecule has 0 spiro atoms. The van der Waals surface area contributed by atoms with E-state index in [9.17, 15) is 14.4 Å². The fourth-order valence-corrected chi connectivity index (χ4v) is 4.32. The number of primary amides is 1. The fourth-order valence-electron chi connectivity index (χ4n) is 4.32. The lowest BCUT2D eigenvalue weighted by molar-refractivity contribution is -0.127. The topological polar surface area (TPSA) is 166 Å². The maximum Gasteiger partial charge on any atom is 0.240 e. The predicted molar refractivity (Wildman–Crippen MR) is 162 cm³/mol. The van der Waals surface area contributed by atoms with E-state index in [0.29, 0.717) is 45.2 Å². The fraction of sp³-hybridized carbons (Fsp3) is 0.800. The van der Waals surface area contributed by atoms with E-state index in [1.807, 2.05) is 0 Å². The normalized spacial score (nSPS) is 11.8. The molecule has 0 saturated carbocycles. The van der Waals surface area contributed by atoms with E-state index in [0.717, 1.165) is 25.7 Å². The number of unbranched alkanes of at least 4 members (excludes halogenated alkanes) is 13. The third kappa shape index (κ3) is 26.8. The van der Waals surface area contributed by atoms with E-state index in [2.05, 4.69) is 34.7 Å². The van der Waals surface area contributed by atoms with Gasteiger partial charge in [0.2, 0.25) is 17.7 Å². The van der Waals surface area contributed by atoms with Crippen molar-refractivity contribution in [3.8, 4) is 0 Å². The highest BCUT2D eigenvalue weighted by Crippen LogP contribution is 2.10. The first-order valence-electron chi connectivity index (χ1n) is 15.4. The molecule has 0 rings (SSSR count). The van der Waals surface area contributed by atoms with Crippen LogP contribution in [0.2, 0.25) is 0 Å². The van der Waals surface area contributed by atoms with Gasteiger partial charge in [-0.3, -0.25) is 19.4 Å². The molecule has 9 heteroatoms. The second-order valence-electron chi connectivity index (χ2n) is 10.5. The molecule has 0 aromatic heterocycles. The molecule has 0 unspecified atom stereocenters. The van der Waals surface area contributed by atoms with E-state index in [4.69, 9.17) is 17.2 Å². The number of carbonyl (C=O) groups excluding carboxylic acids is 3. The number of carbonyl (C=O) groups is 3. The van der Waals surface area contributed by atoms with Gasteiger partial charge in [-0.1, -0.05) is 76.9 Å². The lowest BCUT2D eigenvalue weighted by atomic mass is 10.1. The van der Waals surface area contributed by atoms with Crippen LogP contribution in [0.15, 0.2) is 17.1 Å². The summed E-state index contributed by atoms with van der Waals surface area (Å²) in [5.74, 6) is -0.667. The minimum Gasteiger partial charge on any atom is -0.370 e. The molecule has 39 heavy (non-hydrogen) atoms. The molecule has 0 aromatic carbocycles. The minimum atomic E-state index is -0.720. The molecular formula is C30H58N6O3. The van der Waals surface area contributed by atoms with Gasteiger partial charge < -0.3 is 27.8 Å². The highest BCUT2D eigenvalue weighted by Gasteiger charge is 2.17. The summed E-state index contributed by atoms with van der Waals surface area (Å²) in [5, 5.41) is 5.64. The van der Waals surface area contributed by atoms with Crippen molar-refractivity contribution in [2.24, 2.45) is 22.2 Å². The number of aliphatic imine (C=N–C) groups is 1. The number of amides is 3. The molecule has 0 aliphatic heterocycles. The molecule has 9 nitrogen and oxygen atoms in total. The van der Waals surface area contributed by atoms with Gasteiger partial charge in [-0.25, -0.2) is 0 Å². The molecule has 0 radical (unpaired) electrons. The Morgan fingerprint density at radius 1 is 0.692 bits per heavy atom. The van der Waals surface area contributed by atoms with Crippen LogP contribution >= 0.6 is 0 Å². The number of hydrogen-bond donors (Lipinski definition) is 5. The number of hydrogen-bond acceptors (Lipinski definition) is 4. The summed E-state index contributed by atoms with van der Waals surface area (Å²) < 4.78 is 0. The van der Waals surface area contributed by atoms with Crippen LogP contribution in [0.3, 0.4) is 0 Å². The summed E-state index contributed by atoms with van der Waals surface area (Å²) in [5.41, 5.74) is 15.9. The summed E-state index contributed by atoms with van der Waals surface area (Å²) in [4.78, 5) is 39.5. The third-order valence-corrected chi connectivity index (χ3v) is 6.69. The first kappa shape index (κ1) is 36.4. The number of guanidine groups is 1. The number of nitrogens with one attached hydrogen (secondary N) is 2. The zero-order valence-corrected chi connectivity index (χ0v) is 24.7. The van der Waals surface area contributed by atoms with Crippen LogP contribution < -0.4 is 27.8 Å². The van der Waals surface area contributed by atoms with Gasteiger partial charge >= 0.3 is 0 Å². The SMILES string of the molecule is CCCCCCCC/C=C\CCCCCCCC(=O)NCCCCCC(=O)N[C@@H](CCCN=C(N)N)C(N)=O. The van der Waals surface area contributed by atoms with Crippen LogP contribution in [0.4, 0.5) is 0 Å². The Bertz CT molecular complexity index is 692. The van der Waals surface area contributed by atoms with Gasteiger partial charge in [0.1, 0.15) is 6.04 Å². The van der Waals surface area contributed by atoms with Gasteiger partial charge in [0.25, 0.3) is 0 Å². The van der Waals surface area contributed by atoms with E-state index < -0.39 is 11.9 Å². The Balaban J connectivity index is 3.58. The largest absolute Gasteiger partial charge is 0.370 e. The van der Waals surface area contributed by atoms with Crippen LogP contribution in [0, 0.1) is 0 Å². The quantitative estimate of drug-likeness (QED) is 0.0431. The Labute approximate surface area is 237 Å². The second kappa shape index (κ2) is 27.0. The van der Waals surface area contributed by atoms with E-state index in [1.54, 1.807) is 0 Å². The van der Waals surface area contributed by atoms with Gasteiger partial charge in [0, 0.05) is 25.9 Å². The van der Waals surface area contributed by atoms with Crippen molar-refractivity contribution in [3.05, 3.63) is 12.2 Å². The van der Waals surface area contributed by atoms with Crippen molar-refractivity contribution in [3.63, 3.8) is 0 Å². The van der Waals surface area contributed by atoms with Crippen molar-refractivity contribution < 1.29 is 14.4 Å². The zero-order valence-electron chi connectivity index (χ0n) is 24.7. The highest BCUT2D eigenvalue weighted by molar-refractivity contribution is 5.86. The highest BCUT2D eigenvalue weighted by atomic mass is 16.2. The van der Waals surface area contributed by atoms with Crippen LogP contribution in [-0.2, 0) is 14.4 Å². The third-order valence-electron chi connectivity index (χ3n) is 6.69. The lowest BCUT2D eigenvalue weighted by Gasteiger charge is -2.15. The van der Waals surface area contributed by atoms with Gasteiger partial charge in [-0.15, -0.1) is 0 Å². The molecule has 8 N–H and O–H groups in total. The molecule has 0 bridgehead atoms. The molecule has 0 saturated heterocycles. The van der Waals surface area contributed by atoms with Gasteiger partial charge in [-0.05, 0) is 57.8 Å². The Kier molecular flexibility index (Phi) is 25.2. The number of nitrogens with two attached hydrogens (primary N) is 3. The van der Waals surface area contributed by atoms with Gasteiger partial charge in [0.05, 0.1) is 0 Å². The molecule has 0 aromatic rings. The summed E-state index contributed by atoms with van der Waals surface area (Å²) in [6.45, 7) is 3.26. The number of rotatable bonds is 27. The second-order valence-corrected chi connectivity index (χ2v) is 10.5. The average molecular weight is 551 g/mol. The van der Waals surface area contributed by atoms with Crippen molar-refractivity contribution in [1.82, 2.24) is 10.6 Å². The molecule has 226 valence electrons. The zero-order chi connectivity index (χ0) is 29.0. The molecule has 0 heterocycles. The lowest BCUT2D eigenvalue weighted by Crippen LogP contribution is -2.44. The van der Waals surface area contributed by atoms with Crippen molar-refractivity contribution in [2.75, 3.05) is 13.1 Å². The summed E-state index contributed by atoms with van der Waals surface area (Å²) >= 11 is 0. The molecular weight excluding hydrogens is 492 g/mol. The Hall–Kier alpha value is -2.58. The number of nitrogens with zero attached hydrogens (tertiary/aromatic N) is 1. The van der Waals surface area contributed by atoms with Crippen molar-refractivity contribution >= 4 is 23.7 Å². The van der Waals surface area contributed by atoms with Crippen LogP contribution in [0.25, 0.3) is 0 Å². The van der Waals surface area contributed by atoms with Crippen LogP contribution in [-0.4, -0.2) is 42.8 Å². The molecule has 0 aliphatic carbocycles. The first-order chi connectivity index (χ1) is 18.9. The average Bonchev–Trinajstić information content (AvgIpc) is 2.89. The summed E-state index contributed by atoms with van der Waals surface area (Å²) in [7, 11) is 0. The van der Waals surface area contributed by atoms with Gasteiger partial charge in [0.15, 0.2) is 5.96 Å². The molecule has 0 aliphatic rings. The van der Waals surface area contributed by atoms with E-state index in [-0.39, 0.29) is 17.8 Å². The number of allylic oxidation sites excluding steroid dienone is 2. The smallest absolute Gasteiger partial charge is 0.240 e. The standard InChI is InChI=1S/C30H58N6O3/c1-2-3-4-5-6-7-8-9-10-11-12-13-14-15-17-22-27(37)34-24-19-16-18-23-28(38)36-26(29(31)39)21-20-25-35-30(32)33/h9-10,26H,2-8,11-25H2,1H3,(H2,31,39)(H,34,37)(H,36,38)(H4,32,33,35)/b10-9-/t26-/m0/s1. The monoisotopic (exact) mass is 550 g/mol. The van der Waals surface area contributed by atoms with Crippen molar-refractivity contribution in [1.29, 1.82) is 0 Å². The van der Waals surface area contributed by atoms with E-state index >= 15 is 0 Å². The molecule has 1 atom stereocenters. The van der Waals surface area contributed by atoms with Crippen LogP contribution in [0.5, 0.6) is 0 Å². The predicted octanol–water partition coefficient (Wildman–Crippen LogP) is 4.72. The van der Waals surface area contributed by atoms with E-state index in [1.165, 1.54) is 70.6 Å². The van der Waals surface area contributed by atoms with Gasteiger partial charge in [-0.2, -0.15) is 0 Å². The maximum absolute atomic E-state index is 12.1.